The van der Waals surface area contributed by atoms with Gasteiger partial charge in [0.25, 0.3) is 0 Å². The third-order valence-corrected chi connectivity index (χ3v) is 1.48. The average molecular weight is 151 g/mol. The van der Waals surface area contributed by atoms with Crippen LogP contribution in [0.2, 0.25) is 0 Å². The van der Waals surface area contributed by atoms with Crippen molar-refractivity contribution < 1.29 is 0 Å². The molecule has 0 aliphatic heterocycles. The number of hydrogen-bond acceptors (Lipinski definition) is 1. The molecule has 0 amide bonds. The molecule has 0 spiro atoms. The molecule has 0 aromatic carbocycles. The van der Waals surface area contributed by atoms with Gasteiger partial charge in [-0.3, -0.25) is 0 Å². The molecule has 62 valence electrons. The maximum Gasteiger partial charge on any atom is 0.0126 e. The molecule has 0 saturated heterocycles. The maximum atomic E-state index is 5.36. The van der Waals surface area contributed by atoms with Crippen molar-refractivity contribution >= 4 is 0 Å². The largest absolute Gasteiger partial charge is 0.330 e. The van der Waals surface area contributed by atoms with Gasteiger partial charge in [0, 0.05) is 6.42 Å². The second kappa shape index (κ2) is 7.37. The fourth-order valence-electron chi connectivity index (χ4n) is 0.816. The second-order valence-electron chi connectivity index (χ2n) is 2.55. The topological polar surface area (TPSA) is 26.0 Å². The Bertz CT molecular complexity index is 169. The van der Waals surface area contributed by atoms with Crippen LogP contribution in [0.1, 0.15) is 33.1 Å². The molecule has 0 unspecified atom stereocenters. The van der Waals surface area contributed by atoms with Crippen LogP contribution in [0.25, 0.3) is 0 Å². The average Bonchev–Trinajstić information content (AvgIpc) is 2.01. The van der Waals surface area contributed by atoms with Crippen molar-refractivity contribution in [2.45, 2.75) is 33.1 Å². The molecule has 0 aromatic heterocycles. The Morgan fingerprint density at radius 1 is 1.55 bits per heavy atom. The number of allylic oxidation sites excluding steroid dienone is 1. The predicted molar refractivity (Wildman–Crippen MR) is 50.1 cm³/mol. The van der Waals surface area contributed by atoms with E-state index in [9.17, 15) is 0 Å². The van der Waals surface area contributed by atoms with Gasteiger partial charge >= 0.3 is 0 Å². The summed E-state index contributed by atoms with van der Waals surface area (Å²) < 4.78 is 0. The standard InChI is InChI=1S/C10H17N/c1-3-4-5-7-10(2)8-6-9-11/h8H,5-7,9,11H2,1-2H3. The first-order valence-corrected chi connectivity index (χ1v) is 4.06. The monoisotopic (exact) mass is 151 g/mol. The van der Waals surface area contributed by atoms with E-state index in [1.165, 1.54) is 5.57 Å². The Morgan fingerprint density at radius 2 is 2.27 bits per heavy atom. The van der Waals surface area contributed by atoms with E-state index in [4.69, 9.17) is 5.73 Å². The first kappa shape index (κ1) is 10.3. The van der Waals surface area contributed by atoms with Crippen molar-refractivity contribution in [3.8, 4) is 11.8 Å². The Balaban J connectivity index is 3.47. The molecule has 0 bridgehead atoms. The van der Waals surface area contributed by atoms with Gasteiger partial charge < -0.3 is 5.73 Å². The highest BCUT2D eigenvalue weighted by Crippen LogP contribution is 2.03. The van der Waals surface area contributed by atoms with Gasteiger partial charge in [0.15, 0.2) is 0 Å². The van der Waals surface area contributed by atoms with Gasteiger partial charge in [-0.1, -0.05) is 11.6 Å². The molecule has 0 aliphatic rings. The van der Waals surface area contributed by atoms with E-state index >= 15 is 0 Å². The molecule has 0 heterocycles. The summed E-state index contributed by atoms with van der Waals surface area (Å²) in [7, 11) is 0. The van der Waals surface area contributed by atoms with Gasteiger partial charge in [0.1, 0.15) is 0 Å². The van der Waals surface area contributed by atoms with E-state index in [1.807, 2.05) is 6.92 Å². The van der Waals surface area contributed by atoms with E-state index in [1.54, 1.807) is 0 Å². The van der Waals surface area contributed by atoms with Crippen LogP contribution < -0.4 is 5.73 Å². The van der Waals surface area contributed by atoms with Gasteiger partial charge in [-0.25, -0.2) is 0 Å². The van der Waals surface area contributed by atoms with Gasteiger partial charge in [0.2, 0.25) is 0 Å². The smallest absolute Gasteiger partial charge is 0.0126 e. The predicted octanol–water partition coefficient (Wildman–Crippen LogP) is 2.08. The van der Waals surface area contributed by atoms with Crippen LogP contribution in [-0.2, 0) is 0 Å². The highest BCUT2D eigenvalue weighted by molar-refractivity contribution is 5.03. The van der Waals surface area contributed by atoms with Crippen LogP contribution in [0.15, 0.2) is 11.6 Å². The van der Waals surface area contributed by atoms with Crippen molar-refractivity contribution in [3.05, 3.63) is 11.6 Å². The van der Waals surface area contributed by atoms with Gasteiger partial charge in [-0.15, -0.1) is 11.8 Å². The zero-order valence-corrected chi connectivity index (χ0v) is 7.48. The zero-order valence-electron chi connectivity index (χ0n) is 7.48. The van der Waals surface area contributed by atoms with Crippen LogP contribution in [0.4, 0.5) is 0 Å². The highest BCUT2D eigenvalue weighted by Gasteiger charge is 1.86. The summed E-state index contributed by atoms with van der Waals surface area (Å²) in [6.45, 7) is 4.75. The molecule has 0 saturated carbocycles. The normalized spacial score (nSPS) is 10.6. The highest BCUT2D eigenvalue weighted by atomic mass is 14.5. The first-order chi connectivity index (χ1) is 5.31. The Hall–Kier alpha value is -0.740. The van der Waals surface area contributed by atoms with Crippen LogP contribution in [0, 0.1) is 11.8 Å². The third-order valence-electron chi connectivity index (χ3n) is 1.48. The molecule has 0 atom stereocenters. The molecule has 0 aliphatic carbocycles. The minimum atomic E-state index is 0.747. The van der Waals surface area contributed by atoms with Crippen LogP contribution in [0.3, 0.4) is 0 Å². The summed E-state index contributed by atoms with van der Waals surface area (Å²) in [5, 5.41) is 0. The first-order valence-electron chi connectivity index (χ1n) is 4.06. The van der Waals surface area contributed by atoms with Gasteiger partial charge in [-0.05, 0) is 33.2 Å². The number of nitrogens with two attached hydrogens (primary N) is 1. The summed E-state index contributed by atoms with van der Waals surface area (Å²) in [6.07, 6.45) is 5.24. The van der Waals surface area contributed by atoms with Crippen molar-refractivity contribution in [1.82, 2.24) is 0 Å². The van der Waals surface area contributed by atoms with Gasteiger partial charge in [-0.2, -0.15) is 0 Å². The van der Waals surface area contributed by atoms with E-state index in [2.05, 4.69) is 24.8 Å². The lowest BCUT2D eigenvalue weighted by molar-refractivity contribution is 0.946. The zero-order chi connectivity index (χ0) is 8.53. The molecule has 11 heavy (non-hydrogen) atoms. The van der Waals surface area contributed by atoms with Crippen molar-refractivity contribution in [2.24, 2.45) is 5.73 Å². The Kier molecular flexibility index (Phi) is 6.87. The lowest BCUT2D eigenvalue weighted by Gasteiger charge is -1.95. The van der Waals surface area contributed by atoms with Crippen LogP contribution in [0.5, 0.6) is 0 Å². The summed E-state index contributed by atoms with van der Waals surface area (Å²) in [5.74, 6) is 5.91. The lowest BCUT2D eigenvalue weighted by atomic mass is 10.1. The fraction of sp³-hybridized carbons (Fsp3) is 0.600. The minimum absolute atomic E-state index is 0.747. The van der Waals surface area contributed by atoms with Crippen molar-refractivity contribution in [3.63, 3.8) is 0 Å². The van der Waals surface area contributed by atoms with Crippen LogP contribution in [-0.4, -0.2) is 6.54 Å². The van der Waals surface area contributed by atoms with Gasteiger partial charge in [0.05, 0.1) is 0 Å². The third kappa shape index (κ3) is 7.15. The van der Waals surface area contributed by atoms with E-state index < -0.39 is 0 Å². The van der Waals surface area contributed by atoms with E-state index in [0.29, 0.717) is 0 Å². The summed E-state index contributed by atoms with van der Waals surface area (Å²) in [4.78, 5) is 0. The van der Waals surface area contributed by atoms with Crippen molar-refractivity contribution in [1.29, 1.82) is 0 Å². The molecule has 2 N–H and O–H groups in total. The minimum Gasteiger partial charge on any atom is -0.330 e. The lowest BCUT2D eigenvalue weighted by Crippen LogP contribution is -1.95. The van der Waals surface area contributed by atoms with E-state index in [-0.39, 0.29) is 0 Å². The molecule has 1 nitrogen and oxygen atoms in total. The molecule has 0 rings (SSSR count). The van der Waals surface area contributed by atoms with E-state index in [0.717, 1.165) is 25.8 Å². The quantitative estimate of drug-likeness (QED) is 0.483. The molecule has 0 aromatic rings. The molecular formula is C10H17N. The SMILES string of the molecule is CC#CCCC(C)=CCCN. The molecule has 0 radical (unpaired) electrons. The van der Waals surface area contributed by atoms with Crippen LogP contribution >= 0.6 is 0 Å². The summed E-state index contributed by atoms with van der Waals surface area (Å²) in [6, 6.07) is 0. The molecule has 1 heteroatoms. The Morgan fingerprint density at radius 3 is 2.82 bits per heavy atom. The maximum absolute atomic E-state index is 5.36. The summed E-state index contributed by atoms with van der Waals surface area (Å²) in [5.41, 5.74) is 6.76. The number of hydrogen-bond donors (Lipinski definition) is 1. The Labute approximate surface area is 69.7 Å². The molecule has 0 fully saturated rings. The number of rotatable bonds is 4. The fourth-order valence-corrected chi connectivity index (χ4v) is 0.816. The summed E-state index contributed by atoms with van der Waals surface area (Å²) >= 11 is 0. The second-order valence-corrected chi connectivity index (χ2v) is 2.55. The molecular weight excluding hydrogens is 134 g/mol. The van der Waals surface area contributed by atoms with Crippen molar-refractivity contribution in [2.75, 3.05) is 6.54 Å².